The van der Waals surface area contributed by atoms with E-state index in [1.807, 2.05) is 23.1 Å². The van der Waals surface area contributed by atoms with Crippen LogP contribution in [0, 0.1) is 0 Å². The molecule has 1 N–H and O–H groups in total. The second kappa shape index (κ2) is 10.2. The summed E-state index contributed by atoms with van der Waals surface area (Å²) in [4.78, 5) is 26.7. The smallest absolute Gasteiger partial charge is 0.254 e. The van der Waals surface area contributed by atoms with Crippen LogP contribution in [0.2, 0.25) is 5.02 Å². The van der Waals surface area contributed by atoms with E-state index < -0.39 is 0 Å². The summed E-state index contributed by atoms with van der Waals surface area (Å²) in [7, 11) is 0. The molecule has 1 saturated heterocycles. The molecule has 0 aliphatic carbocycles. The zero-order valence-electron chi connectivity index (χ0n) is 20.3. The molecule has 3 aliphatic rings. The van der Waals surface area contributed by atoms with Gasteiger partial charge in [-0.2, -0.15) is 0 Å². The highest BCUT2D eigenvalue weighted by Gasteiger charge is 2.29. The predicted octanol–water partition coefficient (Wildman–Crippen LogP) is 4.40. The second-order valence-electron chi connectivity index (χ2n) is 9.81. The monoisotopic (exact) mass is 503 g/mol. The van der Waals surface area contributed by atoms with Gasteiger partial charge in [-0.05, 0) is 42.0 Å². The van der Waals surface area contributed by atoms with Crippen molar-refractivity contribution >= 4 is 23.5 Å². The van der Waals surface area contributed by atoms with Crippen molar-refractivity contribution in [3.8, 4) is 11.3 Å². The third-order valence-corrected chi connectivity index (χ3v) is 7.73. The molecule has 0 saturated carbocycles. The Balaban J connectivity index is 1.13. The summed E-state index contributed by atoms with van der Waals surface area (Å²) in [5.74, 6) is 0.632. The number of nitrogens with one attached hydrogen (secondary N) is 1. The maximum Gasteiger partial charge on any atom is 0.254 e. The van der Waals surface area contributed by atoms with Gasteiger partial charge in [-0.15, -0.1) is 0 Å². The van der Waals surface area contributed by atoms with Crippen molar-refractivity contribution in [1.82, 2.24) is 19.8 Å². The second-order valence-corrected chi connectivity index (χ2v) is 10.2. The van der Waals surface area contributed by atoms with Gasteiger partial charge in [0.2, 0.25) is 5.95 Å². The van der Waals surface area contributed by atoms with E-state index in [1.165, 1.54) is 11.1 Å². The highest BCUT2D eigenvalue weighted by Crippen LogP contribution is 2.32. The summed E-state index contributed by atoms with van der Waals surface area (Å²) in [5, 5.41) is 3.87. The van der Waals surface area contributed by atoms with E-state index >= 15 is 0 Å². The average molecular weight is 504 g/mol. The molecule has 186 valence electrons. The lowest BCUT2D eigenvalue weighted by Gasteiger charge is -2.30. The van der Waals surface area contributed by atoms with Crippen molar-refractivity contribution < 1.29 is 9.53 Å². The average Bonchev–Trinajstić information content (AvgIpc) is 3.23. The van der Waals surface area contributed by atoms with Crippen molar-refractivity contribution in [2.24, 2.45) is 0 Å². The zero-order valence-corrected chi connectivity index (χ0v) is 21.0. The predicted molar refractivity (Wildman–Crippen MR) is 140 cm³/mol. The van der Waals surface area contributed by atoms with Crippen LogP contribution in [0.15, 0.2) is 48.7 Å². The lowest BCUT2D eigenvalue weighted by atomic mass is 10.00. The molecular weight excluding hydrogens is 474 g/mol. The number of ether oxygens (including phenoxy) is 1. The van der Waals surface area contributed by atoms with Gasteiger partial charge in [-0.1, -0.05) is 48.0 Å². The zero-order chi connectivity index (χ0) is 24.5. The van der Waals surface area contributed by atoms with Crippen LogP contribution < -0.4 is 5.32 Å². The molecule has 0 atom stereocenters. The molecule has 1 amide bonds. The van der Waals surface area contributed by atoms with Crippen LogP contribution in [-0.2, 0) is 24.2 Å². The molecule has 0 unspecified atom stereocenters. The van der Waals surface area contributed by atoms with Crippen LogP contribution >= 0.6 is 11.6 Å². The fourth-order valence-electron chi connectivity index (χ4n) is 5.36. The molecule has 36 heavy (non-hydrogen) atoms. The number of amides is 1. The molecule has 8 heteroatoms. The summed E-state index contributed by atoms with van der Waals surface area (Å²) < 4.78 is 5.44. The summed E-state index contributed by atoms with van der Waals surface area (Å²) in [5.41, 5.74) is 6.11. The van der Waals surface area contributed by atoms with Crippen LogP contribution in [-0.4, -0.2) is 64.6 Å². The Morgan fingerprint density at radius 1 is 1.03 bits per heavy atom. The highest BCUT2D eigenvalue weighted by molar-refractivity contribution is 6.33. The first-order valence-electron chi connectivity index (χ1n) is 12.7. The van der Waals surface area contributed by atoms with Crippen molar-refractivity contribution in [1.29, 1.82) is 0 Å². The van der Waals surface area contributed by atoms with Crippen LogP contribution in [0.4, 0.5) is 5.95 Å². The molecular formula is C28H30ClN5O2. The molecule has 0 radical (unpaired) electrons. The normalized spacial score (nSPS) is 18.2. The van der Waals surface area contributed by atoms with Crippen molar-refractivity contribution in [3.63, 3.8) is 0 Å². The molecule has 1 aromatic heterocycles. The van der Waals surface area contributed by atoms with E-state index in [1.54, 1.807) is 6.20 Å². The first-order chi connectivity index (χ1) is 17.6. The third kappa shape index (κ3) is 4.83. The topological polar surface area (TPSA) is 70.6 Å². The molecule has 3 aliphatic heterocycles. The number of aromatic nitrogens is 2. The van der Waals surface area contributed by atoms with Crippen LogP contribution in [0.3, 0.4) is 0 Å². The quantitative estimate of drug-likeness (QED) is 0.537. The minimum Gasteiger partial charge on any atom is -0.381 e. The first kappa shape index (κ1) is 23.4. The molecule has 1 fully saturated rings. The van der Waals surface area contributed by atoms with E-state index in [-0.39, 0.29) is 11.9 Å². The number of halogens is 1. The van der Waals surface area contributed by atoms with Gasteiger partial charge in [0.1, 0.15) is 0 Å². The number of hydrogen-bond donors (Lipinski definition) is 1. The lowest BCUT2D eigenvalue weighted by Crippen LogP contribution is -2.38. The minimum absolute atomic E-state index is 0.0787. The Labute approximate surface area is 216 Å². The number of rotatable bonds is 6. The molecule has 7 nitrogen and oxygen atoms in total. The Hall–Kier alpha value is -3.00. The number of nitrogens with zero attached hydrogens (tertiary/aromatic N) is 4. The Morgan fingerprint density at radius 2 is 1.86 bits per heavy atom. The van der Waals surface area contributed by atoms with Crippen LogP contribution in [0.5, 0.6) is 0 Å². The summed E-state index contributed by atoms with van der Waals surface area (Å²) in [6, 6.07) is 14.9. The lowest BCUT2D eigenvalue weighted by molar-refractivity contribution is 0.0754. The Kier molecular flexibility index (Phi) is 6.61. The van der Waals surface area contributed by atoms with Crippen LogP contribution in [0.1, 0.15) is 39.9 Å². The van der Waals surface area contributed by atoms with Crippen LogP contribution in [0.25, 0.3) is 11.3 Å². The van der Waals surface area contributed by atoms with E-state index in [2.05, 4.69) is 39.5 Å². The standard InChI is InChI=1S/C28H30ClN5O2/c29-25-16-30-28(31-23-8-13-36-14-9-23)32-26(25)20-5-6-22-18-34(27(35)24(22)15-20)12-11-33-10-7-19-3-1-2-4-21(19)17-33/h1-6,15-16,23H,7-14,17-18H2,(H,30,31,32). The van der Waals surface area contributed by atoms with E-state index in [0.717, 1.165) is 75.3 Å². The Bertz CT molecular complexity index is 1280. The van der Waals surface area contributed by atoms with E-state index in [9.17, 15) is 4.79 Å². The molecule has 4 heterocycles. The minimum atomic E-state index is 0.0787. The van der Waals surface area contributed by atoms with Gasteiger partial charge in [-0.3, -0.25) is 9.69 Å². The third-order valence-electron chi connectivity index (χ3n) is 7.46. The maximum absolute atomic E-state index is 13.3. The van der Waals surface area contributed by atoms with Gasteiger partial charge in [0, 0.05) is 63.1 Å². The van der Waals surface area contributed by atoms with E-state index in [0.29, 0.717) is 23.2 Å². The van der Waals surface area contributed by atoms with Crippen molar-refractivity contribution in [3.05, 3.63) is 75.9 Å². The largest absolute Gasteiger partial charge is 0.381 e. The van der Waals surface area contributed by atoms with Gasteiger partial charge in [0.25, 0.3) is 5.91 Å². The maximum atomic E-state index is 13.3. The number of carbonyl (C=O) groups is 1. The molecule has 0 spiro atoms. The van der Waals surface area contributed by atoms with Gasteiger partial charge in [0.05, 0.1) is 16.9 Å². The Morgan fingerprint density at radius 3 is 2.72 bits per heavy atom. The SMILES string of the molecule is O=C1c2cc(-c3nc(NC4CCOCC4)ncc3Cl)ccc2CN1CCN1CCc2ccccc2C1. The highest BCUT2D eigenvalue weighted by atomic mass is 35.5. The summed E-state index contributed by atoms with van der Waals surface area (Å²) in [6.45, 7) is 5.71. The molecule has 3 aromatic rings. The number of hydrogen-bond acceptors (Lipinski definition) is 6. The van der Waals surface area contributed by atoms with Gasteiger partial charge in [0.15, 0.2) is 0 Å². The molecule has 6 rings (SSSR count). The fraction of sp³-hybridized carbons (Fsp3) is 0.393. The number of benzene rings is 2. The number of fused-ring (bicyclic) bond motifs is 2. The van der Waals surface area contributed by atoms with Crippen molar-refractivity contribution in [2.45, 2.75) is 38.4 Å². The van der Waals surface area contributed by atoms with E-state index in [4.69, 9.17) is 21.3 Å². The number of carbonyl (C=O) groups excluding carboxylic acids is 1. The van der Waals surface area contributed by atoms with Gasteiger partial charge >= 0.3 is 0 Å². The molecule has 2 aromatic carbocycles. The fourth-order valence-corrected chi connectivity index (χ4v) is 5.56. The first-order valence-corrected chi connectivity index (χ1v) is 13.1. The van der Waals surface area contributed by atoms with Gasteiger partial charge in [-0.25, -0.2) is 9.97 Å². The summed E-state index contributed by atoms with van der Waals surface area (Å²) >= 11 is 6.49. The number of anilines is 1. The summed E-state index contributed by atoms with van der Waals surface area (Å²) in [6.07, 6.45) is 4.55. The molecule has 0 bridgehead atoms. The van der Waals surface area contributed by atoms with Gasteiger partial charge < -0.3 is 15.0 Å². The van der Waals surface area contributed by atoms with Crippen molar-refractivity contribution in [2.75, 3.05) is 38.2 Å².